The van der Waals surface area contributed by atoms with Gasteiger partial charge in [-0.05, 0) is 0 Å². The van der Waals surface area contributed by atoms with Gasteiger partial charge in [0.05, 0.1) is 0 Å². The van der Waals surface area contributed by atoms with E-state index in [1.807, 2.05) is 0 Å². The molecule has 5 heteroatoms. The molecule has 1 N–H and O–H groups in total. The maximum Gasteiger partial charge on any atom is 0.490 e. The van der Waals surface area contributed by atoms with Gasteiger partial charge < -0.3 is 5.11 Å². The van der Waals surface area contributed by atoms with E-state index in [9.17, 15) is 13.2 Å². The van der Waals surface area contributed by atoms with Crippen molar-refractivity contribution in [3.05, 3.63) is 0 Å². The fraction of sp³-hybridized carbons (Fsp3) is 0.923. The van der Waals surface area contributed by atoms with Crippen molar-refractivity contribution in [2.45, 2.75) is 77.8 Å². The van der Waals surface area contributed by atoms with Crippen LogP contribution in [-0.4, -0.2) is 17.3 Å². The van der Waals surface area contributed by atoms with Gasteiger partial charge in [0.25, 0.3) is 0 Å². The number of aliphatic carboxylic acids is 1. The summed E-state index contributed by atoms with van der Waals surface area (Å²) in [6.45, 7) is 4.55. The van der Waals surface area contributed by atoms with Gasteiger partial charge >= 0.3 is 12.1 Å². The third-order valence-corrected chi connectivity index (χ3v) is 2.45. The zero-order valence-corrected chi connectivity index (χ0v) is 11.4. The van der Waals surface area contributed by atoms with Crippen LogP contribution in [0.1, 0.15) is 71.6 Å². The number of hydrogen-bond donors (Lipinski definition) is 1. The highest BCUT2D eigenvalue weighted by Gasteiger charge is 2.38. The Kier molecular flexibility index (Phi) is 13.8. The number of hydrogen-bond acceptors (Lipinski definition) is 1. The van der Waals surface area contributed by atoms with Crippen LogP contribution in [0.5, 0.6) is 0 Å². The van der Waals surface area contributed by atoms with Gasteiger partial charge in [0.1, 0.15) is 0 Å². The van der Waals surface area contributed by atoms with E-state index in [1.165, 1.54) is 57.8 Å². The number of carboxylic acids is 1. The number of unbranched alkanes of at least 4 members (excludes halogenated alkanes) is 8. The van der Waals surface area contributed by atoms with Gasteiger partial charge in [-0.15, -0.1) is 0 Å². The smallest absolute Gasteiger partial charge is 0.475 e. The zero-order chi connectivity index (χ0) is 14.4. The second-order valence-corrected chi connectivity index (χ2v) is 4.28. The molecule has 0 radical (unpaired) electrons. The Balaban J connectivity index is 0. The molecule has 0 saturated carbocycles. The van der Waals surface area contributed by atoms with Crippen molar-refractivity contribution in [3.63, 3.8) is 0 Å². The van der Waals surface area contributed by atoms with Crippen molar-refractivity contribution in [1.82, 2.24) is 0 Å². The van der Waals surface area contributed by atoms with E-state index in [2.05, 4.69) is 13.8 Å². The summed E-state index contributed by atoms with van der Waals surface area (Å²) in [7, 11) is 0. The van der Waals surface area contributed by atoms with Gasteiger partial charge in [-0.1, -0.05) is 71.6 Å². The van der Waals surface area contributed by atoms with Crippen molar-refractivity contribution >= 4 is 5.97 Å². The lowest BCUT2D eigenvalue weighted by Crippen LogP contribution is -2.21. The SMILES string of the molecule is CCCCCCCCCCC.O=C(O)C(F)(F)F. The lowest BCUT2D eigenvalue weighted by atomic mass is 10.1. The van der Waals surface area contributed by atoms with Crippen LogP contribution >= 0.6 is 0 Å². The average molecular weight is 270 g/mol. The van der Waals surface area contributed by atoms with E-state index in [0.717, 1.165) is 0 Å². The largest absolute Gasteiger partial charge is 0.490 e. The van der Waals surface area contributed by atoms with Crippen LogP contribution in [0.25, 0.3) is 0 Å². The van der Waals surface area contributed by atoms with Crippen LogP contribution in [0.2, 0.25) is 0 Å². The molecule has 0 saturated heterocycles. The molecule has 110 valence electrons. The van der Waals surface area contributed by atoms with E-state index in [0.29, 0.717) is 0 Å². The number of halogens is 3. The van der Waals surface area contributed by atoms with Gasteiger partial charge in [-0.3, -0.25) is 0 Å². The molecule has 0 amide bonds. The van der Waals surface area contributed by atoms with Gasteiger partial charge in [-0.2, -0.15) is 13.2 Å². The van der Waals surface area contributed by atoms with Crippen LogP contribution in [0, 0.1) is 0 Å². The zero-order valence-electron chi connectivity index (χ0n) is 11.4. The Morgan fingerprint density at radius 1 is 0.833 bits per heavy atom. The molecule has 0 rings (SSSR count). The maximum atomic E-state index is 10.6. The molecule has 0 aromatic rings. The minimum absolute atomic E-state index is 1.37. The summed E-state index contributed by atoms with van der Waals surface area (Å²) in [4.78, 5) is 8.90. The Morgan fingerprint density at radius 3 is 1.22 bits per heavy atom. The van der Waals surface area contributed by atoms with E-state index in [-0.39, 0.29) is 0 Å². The van der Waals surface area contributed by atoms with Crippen molar-refractivity contribution in [2.75, 3.05) is 0 Å². The molecule has 0 atom stereocenters. The first-order chi connectivity index (χ1) is 8.36. The molecule has 18 heavy (non-hydrogen) atoms. The lowest BCUT2D eigenvalue weighted by Gasteiger charge is -1.98. The highest BCUT2D eigenvalue weighted by molar-refractivity contribution is 5.73. The van der Waals surface area contributed by atoms with Crippen molar-refractivity contribution in [1.29, 1.82) is 0 Å². The average Bonchev–Trinajstić information content (AvgIpc) is 2.27. The monoisotopic (exact) mass is 270 g/mol. The van der Waals surface area contributed by atoms with E-state index in [1.54, 1.807) is 0 Å². The minimum Gasteiger partial charge on any atom is -0.475 e. The quantitative estimate of drug-likeness (QED) is 0.618. The third kappa shape index (κ3) is 17.6. The van der Waals surface area contributed by atoms with Crippen LogP contribution in [-0.2, 0) is 4.79 Å². The summed E-state index contributed by atoms with van der Waals surface area (Å²) in [6, 6.07) is 0. The Morgan fingerprint density at radius 2 is 1.06 bits per heavy atom. The first kappa shape index (κ1) is 19.6. The van der Waals surface area contributed by atoms with E-state index in [4.69, 9.17) is 9.90 Å². The number of carboxylic acid groups (broad SMARTS) is 1. The molecule has 0 aromatic carbocycles. The first-order valence-electron chi connectivity index (χ1n) is 6.66. The highest BCUT2D eigenvalue weighted by atomic mass is 19.4. The highest BCUT2D eigenvalue weighted by Crippen LogP contribution is 2.13. The van der Waals surface area contributed by atoms with Crippen LogP contribution in [0.3, 0.4) is 0 Å². The molecule has 0 unspecified atom stereocenters. The molecule has 2 nitrogen and oxygen atoms in total. The van der Waals surface area contributed by atoms with Crippen LogP contribution in [0.15, 0.2) is 0 Å². The molecular formula is C13H25F3O2. The molecule has 0 fully saturated rings. The predicted molar refractivity (Wildman–Crippen MR) is 66.6 cm³/mol. The third-order valence-electron chi connectivity index (χ3n) is 2.45. The topological polar surface area (TPSA) is 37.3 Å². The second kappa shape index (κ2) is 12.7. The molecule has 0 aromatic heterocycles. The molecule has 0 spiro atoms. The van der Waals surface area contributed by atoms with Gasteiger partial charge in [0.2, 0.25) is 0 Å². The summed E-state index contributed by atoms with van der Waals surface area (Å²) >= 11 is 0. The normalized spacial score (nSPS) is 10.7. The predicted octanol–water partition coefficient (Wildman–Crippen LogP) is 5.17. The minimum atomic E-state index is -5.08. The summed E-state index contributed by atoms with van der Waals surface area (Å²) in [6.07, 6.45) is 7.87. The van der Waals surface area contributed by atoms with Crippen molar-refractivity contribution in [2.24, 2.45) is 0 Å². The van der Waals surface area contributed by atoms with Gasteiger partial charge in [-0.25, -0.2) is 4.79 Å². The lowest BCUT2D eigenvalue weighted by molar-refractivity contribution is -0.192. The standard InChI is InChI=1S/C11H24.C2HF3O2/c1-3-5-7-9-11-10-8-6-4-2;3-2(4,5)1(6)7/h3-11H2,1-2H3;(H,6,7). The van der Waals surface area contributed by atoms with E-state index >= 15 is 0 Å². The summed E-state index contributed by atoms with van der Waals surface area (Å²) < 4.78 is 31.7. The molecule has 0 aliphatic carbocycles. The Bertz CT molecular complexity index is 183. The number of alkyl halides is 3. The summed E-state index contributed by atoms with van der Waals surface area (Å²) in [5.74, 6) is -2.76. The summed E-state index contributed by atoms with van der Waals surface area (Å²) in [5.41, 5.74) is 0. The molecule has 0 bridgehead atoms. The second-order valence-electron chi connectivity index (χ2n) is 4.28. The summed E-state index contributed by atoms with van der Waals surface area (Å²) in [5, 5.41) is 7.12. The van der Waals surface area contributed by atoms with Crippen molar-refractivity contribution < 1.29 is 23.1 Å². The fourth-order valence-electron chi connectivity index (χ4n) is 1.38. The Labute approximate surface area is 108 Å². The fourth-order valence-corrected chi connectivity index (χ4v) is 1.38. The molecule has 0 aliphatic heterocycles. The van der Waals surface area contributed by atoms with Crippen LogP contribution in [0.4, 0.5) is 13.2 Å². The molecule has 0 heterocycles. The first-order valence-corrected chi connectivity index (χ1v) is 6.66. The van der Waals surface area contributed by atoms with E-state index < -0.39 is 12.1 Å². The Hall–Kier alpha value is -0.740. The van der Waals surface area contributed by atoms with Gasteiger partial charge in [0, 0.05) is 0 Å². The maximum absolute atomic E-state index is 10.6. The number of rotatable bonds is 8. The van der Waals surface area contributed by atoms with Crippen LogP contribution < -0.4 is 0 Å². The van der Waals surface area contributed by atoms with Crippen molar-refractivity contribution in [3.8, 4) is 0 Å². The molecule has 0 aliphatic rings. The number of carbonyl (C=O) groups is 1. The van der Waals surface area contributed by atoms with Gasteiger partial charge in [0.15, 0.2) is 0 Å². The molecular weight excluding hydrogens is 245 g/mol.